The van der Waals surface area contributed by atoms with E-state index in [2.05, 4.69) is 45.9 Å². The molecular weight excluding hydrogens is 288 g/mol. The van der Waals surface area contributed by atoms with Gasteiger partial charge in [-0.2, -0.15) is 0 Å². The quantitative estimate of drug-likeness (QED) is 0.184. The van der Waals surface area contributed by atoms with E-state index in [-0.39, 0.29) is 0 Å². The third kappa shape index (κ3) is 17.8. The molecule has 0 N–H and O–H groups in total. The molecule has 0 heteroatoms. The van der Waals surface area contributed by atoms with Crippen LogP contribution in [0.2, 0.25) is 0 Å². The third-order valence-electron chi connectivity index (χ3n) is 5.05. The van der Waals surface area contributed by atoms with Crippen molar-refractivity contribution in [1.29, 1.82) is 0 Å². The van der Waals surface area contributed by atoms with Crippen LogP contribution in [-0.2, 0) is 0 Å². The van der Waals surface area contributed by atoms with Crippen LogP contribution >= 0.6 is 0 Å². The summed E-state index contributed by atoms with van der Waals surface area (Å²) in [5.74, 6) is 0.773. The Morgan fingerprint density at radius 3 is 2.04 bits per heavy atom. The molecule has 0 aliphatic heterocycles. The SMILES string of the molecule is CC=CC(C)CCCCCCCCC=C(C)CCCCCCCC. The smallest absolute Gasteiger partial charge is 0.0262 e. The van der Waals surface area contributed by atoms with Crippen LogP contribution in [0, 0.1) is 5.92 Å². The van der Waals surface area contributed by atoms with Crippen LogP contribution in [0.3, 0.4) is 0 Å². The molecule has 0 heterocycles. The standard InChI is InChI=1S/C24H46/c1-5-7-8-9-13-17-21-24(4)22-18-15-12-10-11-14-16-20-23(3)19-6-2/h6,19,22-23H,5,7-18,20-21H2,1-4H3. The molecule has 1 atom stereocenters. The van der Waals surface area contributed by atoms with Crippen molar-refractivity contribution in [3.8, 4) is 0 Å². The van der Waals surface area contributed by atoms with Gasteiger partial charge in [-0.15, -0.1) is 0 Å². The van der Waals surface area contributed by atoms with Crippen molar-refractivity contribution in [2.24, 2.45) is 5.92 Å². The van der Waals surface area contributed by atoms with Crippen molar-refractivity contribution in [3.63, 3.8) is 0 Å². The first-order valence-electron chi connectivity index (χ1n) is 11.0. The molecule has 24 heavy (non-hydrogen) atoms. The Balaban J connectivity index is 3.32. The monoisotopic (exact) mass is 334 g/mol. The highest BCUT2D eigenvalue weighted by molar-refractivity contribution is 4.97. The van der Waals surface area contributed by atoms with Gasteiger partial charge in [0.05, 0.1) is 0 Å². The molecule has 1 unspecified atom stereocenters. The topological polar surface area (TPSA) is 0 Å². The van der Waals surface area contributed by atoms with Gasteiger partial charge < -0.3 is 0 Å². The van der Waals surface area contributed by atoms with Crippen LogP contribution in [0.25, 0.3) is 0 Å². The second-order valence-electron chi connectivity index (χ2n) is 7.77. The zero-order chi connectivity index (χ0) is 17.9. The van der Waals surface area contributed by atoms with E-state index < -0.39 is 0 Å². The van der Waals surface area contributed by atoms with E-state index in [9.17, 15) is 0 Å². The van der Waals surface area contributed by atoms with Crippen molar-refractivity contribution in [2.45, 2.75) is 124 Å². The summed E-state index contributed by atoms with van der Waals surface area (Å²) >= 11 is 0. The summed E-state index contributed by atoms with van der Waals surface area (Å²) in [4.78, 5) is 0. The molecule has 0 aromatic rings. The van der Waals surface area contributed by atoms with Gasteiger partial charge in [0.15, 0.2) is 0 Å². The lowest BCUT2D eigenvalue weighted by atomic mass is 10.0. The van der Waals surface area contributed by atoms with E-state index >= 15 is 0 Å². The van der Waals surface area contributed by atoms with Crippen LogP contribution in [-0.4, -0.2) is 0 Å². The predicted octanol–water partition coefficient (Wildman–Crippen LogP) is 9.02. The molecule has 0 bridgehead atoms. The molecule has 0 saturated heterocycles. The molecule has 0 rings (SSSR count). The van der Waals surface area contributed by atoms with Gasteiger partial charge in [-0.1, -0.05) is 102 Å². The fourth-order valence-corrected chi connectivity index (χ4v) is 3.38. The van der Waals surface area contributed by atoms with Crippen molar-refractivity contribution < 1.29 is 0 Å². The van der Waals surface area contributed by atoms with Gasteiger partial charge in [-0.3, -0.25) is 0 Å². The van der Waals surface area contributed by atoms with E-state index in [0.29, 0.717) is 0 Å². The minimum Gasteiger partial charge on any atom is -0.0914 e. The highest BCUT2D eigenvalue weighted by Gasteiger charge is 1.97. The van der Waals surface area contributed by atoms with Crippen molar-refractivity contribution in [2.75, 3.05) is 0 Å². The number of rotatable bonds is 17. The second-order valence-corrected chi connectivity index (χ2v) is 7.77. The number of allylic oxidation sites excluding steroid dienone is 4. The van der Waals surface area contributed by atoms with Gasteiger partial charge in [-0.05, 0) is 51.9 Å². The highest BCUT2D eigenvalue weighted by atomic mass is 14.0. The summed E-state index contributed by atoms with van der Waals surface area (Å²) in [5, 5.41) is 0. The Morgan fingerprint density at radius 1 is 0.792 bits per heavy atom. The van der Waals surface area contributed by atoms with Crippen molar-refractivity contribution >= 4 is 0 Å². The maximum absolute atomic E-state index is 2.50. The van der Waals surface area contributed by atoms with Gasteiger partial charge in [0.1, 0.15) is 0 Å². The van der Waals surface area contributed by atoms with E-state index in [1.165, 1.54) is 96.3 Å². The van der Waals surface area contributed by atoms with Crippen molar-refractivity contribution in [3.05, 3.63) is 23.8 Å². The molecule has 0 fully saturated rings. The zero-order valence-electron chi connectivity index (χ0n) is 17.4. The molecule has 0 aromatic heterocycles. The summed E-state index contributed by atoms with van der Waals surface area (Å²) in [5.41, 5.74) is 1.63. The molecule has 0 aromatic carbocycles. The Labute approximate surface area is 154 Å². The Bertz CT molecular complexity index is 297. The Hall–Kier alpha value is -0.520. The lowest BCUT2D eigenvalue weighted by molar-refractivity contribution is 0.539. The Morgan fingerprint density at radius 2 is 1.38 bits per heavy atom. The van der Waals surface area contributed by atoms with Crippen LogP contribution in [0.1, 0.15) is 124 Å². The average Bonchev–Trinajstić information content (AvgIpc) is 2.56. The summed E-state index contributed by atoms with van der Waals surface area (Å²) in [6.07, 6.45) is 28.0. The Kier molecular flexibility index (Phi) is 18.4. The van der Waals surface area contributed by atoms with E-state index in [0.717, 1.165) is 5.92 Å². The van der Waals surface area contributed by atoms with Crippen LogP contribution < -0.4 is 0 Å². The van der Waals surface area contributed by atoms with Gasteiger partial charge in [0.25, 0.3) is 0 Å². The third-order valence-corrected chi connectivity index (χ3v) is 5.05. The largest absolute Gasteiger partial charge is 0.0914 e. The van der Waals surface area contributed by atoms with E-state index in [1.807, 2.05) is 0 Å². The first-order valence-corrected chi connectivity index (χ1v) is 11.0. The van der Waals surface area contributed by atoms with Gasteiger partial charge in [0.2, 0.25) is 0 Å². The summed E-state index contributed by atoms with van der Waals surface area (Å²) in [6.45, 7) is 9.08. The average molecular weight is 335 g/mol. The number of hydrogen-bond donors (Lipinski definition) is 0. The molecule has 0 saturated carbocycles. The van der Waals surface area contributed by atoms with E-state index in [4.69, 9.17) is 0 Å². The predicted molar refractivity (Wildman–Crippen MR) is 113 cm³/mol. The van der Waals surface area contributed by atoms with Crippen LogP contribution in [0.4, 0.5) is 0 Å². The molecule has 0 amide bonds. The zero-order valence-corrected chi connectivity index (χ0v) is 17.4. The van der Waals surface area contributed by atoms with E-state index in [1.54, 1.807) is 5.57 Å². The first-order chi connectivity index (χ1) is 11.7. The molecule has 0 radical (unpaired) electrons. The number of unbranched alkanes of at least 4 members (excludes halogenated alkanes) is 11. The van der Waals surface area contributed by atoms with Gasteiger partial charge >= 0.3 is 0 Å². The maximum Gasteiger partial charge on any atom is -0.0262 e. The minimum absolute atomic E-state index is 0.773. The molecule has 0 aliphatic carbocycles. The molecule has 0 spiro atoms. The molecule has 0 nitrogen and oxygen atoms in total. The van der Waals surface area contributed by atoms with Crippen molar-refractivity contribution in [1.82, 2.24) is 0 Å². The van der Waals surface area contributed by atoms with Gasteiger partial charge in [-0.25, -0.2) is 0 Å². The van der Waals surface area contributed by atoms with Crippen LogP contribution in [0.15, 0.2) is 23.8 Å². The van der Waals surface area contributed by atoms with Crippen LogP contribution in [0.5, 0.6) is 0 Å². The summed E-state index contributed by atoms with van der Waals surface area (Å²) < 4.78 is 0. The second kappa shape index (κ2) is 18.8. The molecular formula is C24H46. The lowest BCUT2D eigenvalue weighted by Crippen LogP contribution is -1.89. The van der Waals surface area contributed by atoms with Gasteiger partial charge in [0, 0.05) is 0 Å². The fourth-order valence-electron chi connectivity index (χ4n) is 3.38. The molecule has 0 aliphatic rings. The molecule has 142 valence electrons. The lowest BCUT2D eigenvalue weighted by Gasteiger charge is -2.05. The highest BCUT2D eigenvalue weighted by Crippen LogP contribution is 2.15. The normalized spacial score (nSPS) is 13.8. The number of hydrogen-bond acceptors (Lipinski definition) is 0. The summed E-state index contributed by atoms with van der Waals surface area (Å²) in [6, 6.07) is 0. The first kappa shape index (κ1) is 23.5. The maximum atomic E-state index is 2.50. The summed E-state index contributed by atoms with van der Waals surface area (Å²) in [7, 11) is 0. The minimum atomic E-state index is 0.773. The fraction of sp³-hybridized carbons (Fsp3) is 0.833.